The van der Waals surface area contributed by atoms with Crippen LogP contribution in [-0.2, 0) is 11.2 Å². The Labute approximate surface area is 107 Å². The first-order valence-corrected chi connectivity index (χ1v) is 6.92. The molecular formula is C14H20N2O2. The first-order chi connectivity index (χ1) is 8.83. The molecule has 1 saturated carbocycles. The average molecular weight is 248 g/mol. The number of hydrogen-bond donors (Lipinski definition) is 2. The summed E-state index contributed by atoms with van der Waals surface area (Å²) in [5, 5.41) is 6.48. The fourth-order valence-electron chi connectivity index (χ4n) is 2.58. The SMILES string of the molecule is O=C(CCNC1CC1)NC1CCCc2occc21. The second kappa shape index (κ2) is 5.14. The fourth-order valence-corrected chi connectivity index (χ4v) is 2.58. The minimum Gasteiger partial charge on any atom is -0.469 e. The van der Waals surface area contributed by atoms with Gasteiger partial charge in [-0.15, -0.1) is 0 Å². The maximum atomic E-state index is 11.9. The molecule has 0 aliphatic heterocycles. The molecule has 1 aromatic heterocycles. The third-order valence-electron chi connectivity index (χ3n) is 3.75. The van der Waals surface area contributed by atoms with Gasteiger partial charge in [-0.2, -0.15) is 0 Å². The molecule has 0 aromatic carbocycles. The molecule has 0 saturated heterocycles. The number of aryl methyl sites for hydroxylation is 1. The summed E-state index contributed by atoms with van der Waals surface area (Å²) >= 11 is 0. The monoisotopic (exact) mass is 248 g/mol. The molecule has 4 heteroatoms. The Hall–Kier alpha value is -1.29. The lowest BCUT2D eigenvalue weighted by atomic mass is 9.93. The van der Waals surface area contributed by atoms with Crippen LogP contribution in [0.15, 0.2) is 16.7 Å². The number of amides is 1. The smallest absolute Gasteiger partial charge is 0.221 e. The van der Waals surface area contributed by atoms with Crippen LogP contribution < -0.4 is 10.6 Å². The van der Waals surface area contributed by atoms with Crippen LogP contribution >= 0.6 is 0 Å². The number of hydrogen-bond acceptors (Lipinski definition) is 3. The molecule has 0 radical (unpaired) electrons. The number of furan rings is 1. The number of carbonyl (C=O) groups is 1. The van der Waals surface area contributed by atoms with Crippen molar-refractivity contribution in [3.05, 3.63) is 23.7 Å². The van der Waals surface area contributed by atoms with Gasteiger partial charge in [0, 0.05) is 31.0 Å². The molecule has 98 valence electrons. The molecule has 18 heavy (non-hydrogen) atoms. The first-order valence-electron chi connectivity index (χ1n) is 6.92. The Kier molecular flexibility index (Phi) is 3.37. The maximum absolute atomic E-state index is 11.9. The van der Waals surface area contributed by atoms with Gasteiger partial charge in [0.05, 0.1) is 12.3 Å². The quantitative estimate of drug-likeness (QED) is 0.837. The highest BCUT2D eigenvalue weighted by molar-refractivity contribution is 5.76. The van der Waals surface area contributed by atoms with E-state index >= 15 is 0 Å². The molecule has 1 heterocycles. The van der Waals surface area contributed by atoms with Gasteiger partial charge >= 0.3 is 0 Å². The summed E-state index contributed by atoms with van der Waals surface area (Å²) in [7, 11) is 0. The summed E-state index contributed by atoms with van der Waals surface area (Å²) in [6.45, 7) is 0.793. The summed E-state index contributed by atoms with van der Waals surface area (Å²) in [6.07, 6.45) is 7.94. The Morgan fingerprint density at radius 1 is 1.39 bits per heavy atom. The zero-order valence-electron chi connectivity index (χ0n) is 10.6. The van der Waals surface area contributed by atoms with Crippen molar-refractivity contribution in [2.75, 3.05) is 6.54 Å². The molecule has 2 aliphatic carbocycles. The van der Waals surface area contributed by atoms with Crippen LogP contribution in [0.1, 0.15) is 49.5 Å². The Balaban J connectivity index is 1.48. The van der Waals surface area contributed by atoms with Crippen LogP contribution in [-0.4, -0.2) is 18.5 Å². The molecule has 3 rings (SSSR count). The van der Waals surface area contributed by atoms with Gasteiger partial charge < -0.3 is 15.1 Å². The van der Waals surface area contributed by atoms with E-state index in [0.29, 0.717) is 12.5 Å². The van der Waals surface area contributed by atoms with Crippen LogP contribution in [0, 0.1) is 0 Å². The van der Waals surface area contributed by atoms with Crippen molar-refractivity contribution in [3.8, 4) is 0 Å². The molecule has 2 aliphatic rings. The van der Waals surface area contributed by atoms with E-state index in [0.717, 1.165) is 31.6 Å². The molecule has 1 unspecified atom stereocenters. The predicted octanol–water partition coefficient (Wildman–Crippen LogP) is 1.92. The van der Waals surface area contributed by atoms with Crippen LogP contribution in [0.25, 0.3) is 0 Å². The van der Waals surface area contributed by atoms with E-state index in [2.05, 4.69) is 10.6 Å². The van der Waals surface area contributed by atoms with Gasteiger partial charge in [-0.3, -0.25) is 4.79 Å². The minimum absolute atomic E-state index is 0.141. The van der Waals surface area contributed by atoms with Crippen molar-refractivity contribution in [2.45, 2.75) is 50.6 Å². The molecule has 0 bridgehead atoms. The van der Waals surface area contributed by atoms with Gasteiger partial charge in [0.15, 0.2) is 0 Å². The van der Waals surface area contributed by atoms with Crippen LogP contribution in [0.4, 0.5) is 0 Å². The largest absolute Gasteiger partial charge is 0.469 e. The molecule has 1 atom stereocenters. The van der Waals surface area contributed by atoms with E-state index in [4.69, 9.17) is 4.42 Å². The molecule has 1 fully saturated rings. The Bertz CT molecular complexity index is 423. The summed E-state index contributed by atoms with van der Waals surface area (Å²) < 4.78 is 5.42. The summed E-state index contributed by atoms with van der Waals surface area (Å²) in [5.74, 6) is 1.19. The highest BCUT2D eigenvalue weighted by atomic mass is 16.3. The van der Waals surface area contributed by atoms with Gasteiger partial charge in [-0.05, 0) is 31.7 Å². The molecule has 2 N–H and O–H groups in total. The molecule has 0 spiro atoms. The zero-order valence-corrected chi connectivity index (χ0v) is 10.6. The Morgan fingerprint density at radius 2 is 2.28 bits per heavy atom. The summed E-state index contributed by atoms with van der Waals surface area (Å²) in [4.78, 5) is 11.9. The number of fused-ring (bicyclic) bond motifs is 1. The zero-order chi connectivity index (χ0) is 12.4. The summed E-state index contributed by atoms with van der Waals surface area (Å²) in [6, 6.07) is 2.82. The lowest BCUT2D eigenvalue weighted by Crippen LogP contribution is -2.32. The van der Waals surface area contributed by atoms with Gasteiger partial charge in [0.2, 0.25) is 5.91 Å². The van der Waals surface area contributed by atoms with Crippen molar-refractivity contribution in [1.29, 1.82) is 0 Å². The van der Waals surface area contributed by atoms with Crippen molar-refractivity contribution >= 4 is 5.91 Å². The van der Waals surface area contributed by atoms with Gasteiger partial charge in [0.25, 0.3) is 0 Å². The van der Waals surface area contributed by atoms with E-state index in [-0.39, 0.29) is 11.9 Å². The predicted molar refractivity (Wildman–Crippen MR) is 68.2 cm³/mol. The highest BCUT2D eigenvalue weighted by Crippen LogP contribution is 2.30. The van der Waals surface area contributed by atoms with Crippen molar-refractivity contribution < 1.29 is 9.21 Å². The average Bonchev–Trinajstić information content (AvgIpc) is 3.05. The topological polar surface area (TPSA) is 54.3 Å². The standard InChI is InChI=1S/C14H20N2O2/c17-14(6-8-15-10-4-5-10)16-12-2-1-3-13-11(12)7-9-18-13/h7,9-10,12,15H,1-6,8H2,(H,16,17). The lowest BCUT2D eigenvalue weighted by molar-refractivity contribution is -0.121. The van der Waals surface area contributed by atoms with E-state index < -0.39 is 0 Å². The molecule has 4 nitrogen and oxygen atoms in total. The lowest BCUT2D eigenvalue weighted by Gasteiger charge is -2.22. The number of rotatable bonds is 5. The van der Waals surface area contributed by atoms with Crippen molar-refractivity contribution in [3.63, 3.8) is 0 Å². The Morgan fingerprint density at radius 3 is 3.11 bits per heavy atom. The van der Waals surface area contributed by atoms with Crippen LogP contribution in [0.3, 0.4) is 0 Å². The second-order valence-electron chi connectivity index (χ2n) is 5.29. The minimum atomic E-state index is 0.141. The van der Waals surface area contributed by atoms with Crippen LogP contribution in [0.5, 0.6) is 0 Å². The molecule has 1 amide bonds. The number of nitrogens with one attached hydrogen (secondary N) is 2. The van der Waals surface area contributed by atoms with E-state index in [1.165, 1.54) is 18.4 Å². The second-order valence-corrected chi connectivity index (χ2v) is 5.29. The van der Waals surface area contributed by atoms with Crippen LogP contribution in [0.2, 0.25) is 0 Å². The van der Waals surface area contributed by atoms with E-state index in [1.54, 1.807) is 6.26 Å². The summed E-state index contributed by atoms with van der Waals surface area (Å²) in [5.41, 5.74) is 1.17. The highest BCUT2D eigenvalue weighted by Gasteiger charge is 2.24. The third-order valence-corrected chi connectivity index (χ3v) is 3.75. The van der Waals surface area contributed by atoms with Crippen molar-refractivity contribution in [1.82, 2.24) is 10.6 Å². The molecule has 1 aromatic rings. The normalized spacial score (nSPS) is 22.6. The van der Waals surface area contributed by atoms with Crippen molar-refractivity contribution in [2.24, 2.45) is 0 Å². The fraction of sp³-hybridized carbons (Fsp3) is 0.643. The maximum Gasteiger partial charge on any atom is 0.221 e. The first kappa shape index (κ1) is 11.8. The van der Waals surface area contributed by atoms with Gasteiger partial charge in [-0.25, -0.2) is 0 Å². The molecular weight excluding hydrogens is 228 g/mol. The number of carbonyl (C=O) groups excluding carboxylic acids is 1. The third kappa shape index (κ3) is 2.75. The van der Waals surface area contributed by atoms with Gasteiger partial charge in [-0.1, -0.05) is 0 Å². The van der Waals surface area contributed by atoms with E-state index in [9.17, 15) is 4.79 Å². The van der Waals surface area contributed by atoms with E-state index in [1.807, 2.05) is 6.07 Å². The van der Waals surface area contributed by atoms with Gasteiger partial charge in [0.1, 0.15) is 5.76 Å².